The van der Waals surface area contributed by atoms with Crippen molar-refractivity contribution in [2.75, 3.05) is 13.2 Å². The Hall–Kier alpha value is -1.85. The van der Waals surface area contributed by atoms with E-state index >= 15 is 0 Å². The summed E-state index contributed by atoms with van der Waals surface area (Å²) in [5.74, 6) is 0.151. The fraction of sp³-hybridized carbons (Fsp3) is 0.353. The van der Waals surface area contributed by atoms with Crippen LogP contribution in [0.1, 0.15) is 24.0 Å². The smallest absolute Gasteiger partial charge is 0.0896 e. The Kier molecular flexibility index (Phi) is 2.80. The maximum atomic E-state index is 9.29. The number of ether oxygens (including phenoxy) is 1. The molecule has 3 atom stereocenters. The van der Waals surface area contributed by atoms with Gasteiger partial charge in [-0.2, -0.15) is 5.26 Å². The lowest BCUT2D eigenvalue weighted by atomic mass is 9.64. The largest absolute Gasteiger partial charge is 0.380 e. The van der Waals surface area contributed by atoms with Crippen molar-refractivity contribution in [2.24, 2.45) is 5.92 Å². The highest BCUT2D eigenvalue weighted by atomic mass is 16.5. The van der Waals surface area contributed by atoms with Gasteiger partial charge in [0.15, 0.2) is 0 Å². The normalized spacial score (nSPS) is 32.0. The fourth-order valence-electron chi connectivity index (χ4n) is 3.37. The van der Waals surface area contributed by atoms with Gasteiger partial charge in [0, 0.05) is 11.3 Å². The lowest BCUT2D eigenvalue weighted by Gasteiger charge is -2.37. The van der Waals surface area contributed by atoms with E-state index in [0.29, 0.717) is 19.1 Å². The summed E-state index contributed by atoms with van der Waals surface area (Å²) in [6.07, 6.45) is 4.20. The highest BCUT2D eigenvalue weighted by molar-refractivity contribution is 5.51. The molecule has 0 amide bonds. The predicted octanol–water partition coefficient (Wildman–Crippen LogP) is 3.32. The summed E-state index contributed by atoms with van der Waals surface area (Å²) in [4.78, 5) is 0. The second-order valence-corrected chi connectivity index (χ2v) is 5.51. The van der Waals surface area contributed by atoms with Crippen LogP contribution in [0.3, 0.4) is 0 Å². The first-order valence-electron chi connectivity index (χ1n) is 6.60. The third-order valence-corrected chi connectivity index (χ3v) is 4.36. The van der Waals surface area contributed by atoms with Crippen molar-refractivity contribution in [3.8, 4) is 6.07 Å². The van der Waals surface area contributed by atoms with Crippen LogP contribution in [0.2, 0.25) is 0 Å². The molecule has 96 valence electrons. The van der Waals surface area contributed by atoms with E-state index in [2.05, 4.69) is 37.8 Å². The SMILES string of the molecule is C=C(C)[C@H]1COC[C@@]12C=CC(C#N)c1ccccc12. The molecule has 1 aliphatic carbocycles. The highest BCUT2D eigenvalue weighted by Crippen LogP contribution is 2.48. The van der Waals surface area contributed by atoms with E-state index < -0.39 is 0 Å². The summed E-state index contributed by atoms with van der Waals surface area (Å²) in [5.41, 5.74) is 3.36. The molecule has 3 rings (SSSR count). The number of nitrogens with zero attached hydrogens (tertiary/aromatic N) is 1. The third kappa shape index (κ3) is 1.66. The Morgan fingerprint density at radius 1 is 1.47 bits per heavy atom. The molecule has 0 bridgehead atoms. The van der Waals surface area contributed by atoms with Crippen LogP contribution < -0.4 is 0 Å². The number of rotatable bonds is 1. The van der Waals surface area contributed by atoms with Gasteiger partial charge in [-0.1, -0.05) is 48.6 Å². The minimum atomic E-state index is -0.145. The summed E-state index contributed by atoms with van der Waals surface area (Å²) in [6, 6.07) is 10.6. The van der Waals surface area contributed by atoms with Gasteiger partial charge in [-0.3, -0.25) is 0 Å². The van der Waals surface area contributed by atoms with Crippen LogP contribution in [-0.2, 0) is 10.2 Å². The molecule has 1 heterocycles. The third-order valence-electron chi connectivity index (χ3n) is 4.36. The predicted molar refractivity (Wildman–Crippen MR) is 74.7 cm³/mol. The van der Waals surface area contributed by atoms with Gasteiger partial charge < -0.3 is 4.74 Å². The molecule has 1 aromatic carbocycles. The van der Waals surface area contributed by atoms with Crippen molar-refractivity contribution < 1.29 is 4.74 Å². The second-order valence-electron chi connectivity index (χ2n) is 5.51. The van der Waals surface area contributed by atoms with Gasteiger partial charge in [0.05, 0.1) is 25.2 Å². The molecular weight excluding hydrogens is 234 g/mol. The molecule has 0 radical (unpaired) electrons. The Balaban J connectivity index is 2.19. The maximum Gasteiger partial charge on any atom is 0.0896 e. The van der Waals surface area contributed by atoms with Crippen molar-refractivity contribution in [1.82, 2.24) is 0 Å². The lowest BCUT2D eigenvalue weighted by Crippen LogP contribution is -2.36. The van der Waals surface area contributed by atoms with E-state index in [1.165, 1.54) is 5.56 Å². The van der Waals surface area contributed by atoms with Gasteiger partial charge in [0.1, 0.15) is 0 Å². The first-order valence-corrected chi connectivity index (χ1v) is 6.60. The molecule has 2 heteroatoms. The van der Waals surface area contributed by atoms with Crippen LogP contribution in [0.15, 0.2) is 48.6 Å². The van der Waals surface area contributed by atoms with E-state index in [-0.39, 0.29) is 11.3 Å². The average Bonchev–Trinajstić information content (AvgIpc) is 2.84. The lowest BCUT2D eigenvalue weighted by molar-refractivity contribution is 0.182. The molecule has 2 nitrogen and oxygen atoms in total. The zero-order chi connectivity index (χ0) is 13.5. The Morgan fingerprint density at radius 2 is 2.26 bits per heavy atom. The second kappa shape index (κ2) is 4.36. The summed E-state index contributed by atoms with van der Waals surface area (Å²) in [5, 5.41) is 9.29. The standard InChI is InChI=1S/C17H17NO/c1-12(2)16-10-19-11-17(16)8-7-13(9-18)14-5-3-4-6-15(14)17/h3-8,13,16H,1,10-11H2,2H3/t13?,16-,17-/m1/s1. The van der Waals surface area contributed by atoms with Crippen molar-refractivity contribution in [1.29, 1.82) is 5.26 Å². The molecule has 19 heavy (non-hydrogen) atoms. The Labute approximate surface area is 114 Å². The number of fused-ring (bicyclic) bond motifs is 2. The van der Waals surface area contributed by atoms with E-state index in [1.54, 1.807) is 0 Å². The zero-order valence-electron chi connectivity index (χ0n) is 11.1. The number of benzene rings is 1. The Bertz CT molecular complexity index is 596. The summed E-state index contributed by atoms with van der Waals surface area (Å²) < 4.78 is 5.74. The molecule has 1 aromatic rings. The minimum Gasteiger partial charge on any atom is -0.380 e. The Morgan fingerprint density at radius 3 is 3.00 bits per heavy atom. The van der Waals surface area contributed by atoms with Gasteiger partial charge in [0.2, 0.25) is 0 Å². The summed E-state index contributed by atoms with van der Waals surface area (Å²) in [6.45, 7) is 7.57. The fourth-order valence-corrected chi connectivity index (χ4v) is 3.37. The first-order chi connectivity index (χ1) is 9.19. The molecule has 1 unspecified atom stereocenters. The van der Waals surface area contributed by atoms with Crippen LogP contribution in [0.5, 0.6) is 0 Å². The molecule has 1 saturated heterocycles. The monoisotopic (exact) mass is 251 g/mol. The first kappa shape index (κ1) is 12.2. The zero-order valence-corrected chi connectivity index (χ0v) is 11.1. The van der Waals surface area contributed by atoms with Gasteiger partial charge in [-0.15, -0.1) is 0 Å². The van der Waals surface area contributed by atoms with E-state index in [1.807, 2.05) is 18.2 Å². The van der Waals surface area contributed by atoms with Crippen molar-refractivity contribution in [3.05, 3.63) is 59.7 Å². The van der Waals surface area contributed by atoms with Crippen molar-refractivity contribution in [3.63, 3.8) is 0 Å². The van der Waals surface area contributed by atoms with Gasteiger partial charge in [-0.25, -0.2) is 0 Å². The van der Waals surface area contributed by atoms with Crippen LogP contribution in [0, 0.1) is 17.2 Å². The molecule has 1 spiro atoms. The molecule has 0 N–H and O–H groups in total. The molecule has 0 aromatic heterocycles. The van der Waals surface area contributed by atoms with Gasteiger partial charge in [-0.05, 0) is 18.1 Å². The highest BCUT2D eigenvalue weighted by Gasteiger charge is 2.47. The molecule has 1 fully saturated rings. The van der Waals surface area contributed by atoms with E-state index in [4.69, 9.17) is 4.74 Å². The molecule has 2 aliphatic rings. The van der Waals surface area contributed by atoms with Gasteiger partial charge >= 0.3 is 0 Å². The van der Waals surface area contributed by atoms with Crippen molar-refractivity contribution in [2.45, 2.75) is 18.3 Å². The topological polar surface area (TPSA) is 33.0 Å². The number of hydrogen-bond donors (Lipinski definition) is 0. The minimum absolute atomic E-state index is 0.129. The molecule has 1 aliphatic heterocycles. The van der Waals surface area contributed by atoms with E-state index in [0.717, 1.165) is 11.1 Å². The summed E-state index contributed by atoms with van der Waals surface area (Å²) >= 11 is 0. The maximum absolute atomic E-state index is 9.29. The van der Waals surface area contributed by atoms with Crippen molar-refractivity contribution >= 4 is 0 Å². The average molecular weight is 251 g/mol. The van der Waals surface area contributed by atoms with Crippen LogP contribution in [0.4, 0.5) is 0 Å². The summed E-state index contributed by atoms with van der Waals surface area (Å²) in [7, 11) is 0. The quantitative estimate of drug-likeness (QED) is 0.717. The van der Waals surface area contributed by atoms with Crippen LogP contribution in [0.25, 0.3) is 0 Å². The van der Waals surface area contributed by atoms with E-state index in [9.17, 15) is 5.26 Å². The number of hydrogen-bond acceptors (Lipinski definition) is 2. The molecule has 0 saturated carbocycles. The number of allylic oxidation sites excluding steroid dienone is 1. The van der Waals surface area contributed by atoms with Crippen LogP contribution in [-0.4, -0.2) is 13.2 Å². The van der Waals surface area contributed by atoms with Gasteiger partial charge in [0.25, 0.3) is 0 Å². The molecular formula is C17H17NO. The number of nitriles is 1. The van der Waals surface area contributed by atoms with Crippen LogP contribution >= 0.6 is 0 Å².